The Morgan fingerprint density at radius 3 is 1.67 bits per heavy atom. The zero-order valence-electron chi connectivity index (χ0n) is 6.40. The molecule has 2 N–H and O–H groups in total. The molecule has 0 fully saturated rings. The van der Waals surface area contributed by atoms with Crippen molar-refractivity contribution < 1.29 is 0 Å². The van der Waals surface area contributed by atoms with E-state index in [0.29, 0.717) is 5.03 Å². The lowest BCUT2D eigenvalue weighted by molar-refractivity contribution is 1.50. The maximum absolute atomic E-state index is 5.20. The topological polar surface area (TPSA) is 26.0 Å². The second-order valence-electron chi connectivity index (χ2n) is 1.27. The summed E-state index contributed by atoms with van der Waals surface area (Å²) in [5.74, 6) is 0. The summed E-state index contributed by atoms with van der Waals surface area (Å²) in [6.45, 7) is 13.0. The van der Waals surface area contributed by atoms with E-state index >= 15 is 0 Å². The summed E-state index contributed by atoms with van der Waals surface area (Å²) in [5, 5.41) is 0.604. The van der Waals surface area contributed by atoms with Gasteiger partial charge in [0.05, 0.1) is 5.03 Å². The van der Waals surface area contributed by atoms with E-state index in [1.165, 1.54) is 11.8 Å². The Labute approximate surface area is 62.0 Å². The Balaban J connectivity index is 0. The average molecular weight is 145 g/mol. The highest BCUT2D eigenvalue weighted by atomic mass is 32.2. The third-order valence-electron chi connectivity index (χ3n) is 0.305. The third-order valence-corrected chi connectivity index (χ3v) is 0.916. The molecule has 2 heteroatoms. The van der Waals surface area contributed by atoms with Crippen LogP contribution in [0.25, 0.3) is 0 Å². The molecule has 0 radical (unpaired) electrons. The highest BCUT2D eigenvalue weighted by Gasteiger charge is 1.83. The van der Waals surface area contributed by atoms with Gasteiger partial charge in [-0.3, -0.25) is 0 Å². The standard InChI is InChI=1S/C5H9NS.C2H6/c1-4(2)7-5(3)6;1-2/h1,3,6H2,2H3;1-2H3. The summed E-state index contributed by atoms with van der Waals surface area (Å²) in [6.07, 6.45) is 0. The summed E-state index contributed by atoms with van der Waals surface area (Å²) in [5.41, 5.74) is 5.20. The molecule has 0 aliphatic carbocycles. The van der Waals surface area contributed by atoms with Crippen LogP contribution in [0.1, 0.15) is 20.8 Å². The van der Waals surface area contributed by atoms with Crippen molar-refractivity contribution in [3.8, 4) is 0 Å². The Kier molecular flexibility index (Phi) is 9.69. The minimum absolute atomic E-state index is 0.604. The maximum atomic E-state index is 5.20. The van der Waals surface area contributed by atoms with Gasteiger partial charge in [0.1, 0.15) is 0 Å². The molecule has 0 aromatic carbocycles. The van der Waals surface area contributed by atoms with E-state index in [1.54, 1.807) is 0 Å². The van der Waals surface area contributed by atoms with Gasteiger partial charge in [-0.2, -0.15) is 0 Å². The van der Waals surface area contributed by atoms with Crippen LogP contribution in [-0.2, 0) is 0 Å². The van der Waals surface area contributed by atoms with E-state index in [2.05, 4.69) is 13.2 Å². The summed E-state index contributed by atoms with van der Waals surface area (Å²) in [4.78, 5) is 0.979. The predicted molar refractivity (Wildman–Crippen MR) is 47.1 cm³/mol. The molecule has 0 bridgehead atoms. The monoisotopic (exact) mass is 145 g/mol. The lowest BCUT2D eigenvalue weighted by Crippen LogP contribution is -1.86. The Morgan fingerprint density at radius 1 is 1.33 bits per heavy atom. The molecule has 1 nitrogen and oxygen atoms in total. The highest BCUT2D eigenvalue weighted by Crippen LogP contribution is 2.15. The highest BCUT2D eigenvalue weighted by molar-refractivity contribution is 8.06. The van der Waals surface area contributed by atoms with Gasteiger partial charge in [-0.25, -0.2) is 0 Å². The van der Waals surface area contributed by atoms with E-state index in [9.17, 15) is 0 Å². The van der Waals surface area contributed by atoms with Gasteiger partial charge >= 0.3 is 0 Å². The lowest BCUT2D eigenvalue weighted by Gasteiger charge is -1.92. The molecule has 0 unspecified atom stereocenters. The van der Waals surface area contributed by atoms with E-state index in [1.807, 2.05) is 20.8 Å². The average Bonchev–Trinajstić information content (AvgIpc) is 1.68. The van der Waals surface area contributed by atoms with E-state index < -0.39 is 0 Å². The van der Waals surface area contributed by atoms with Crippen molar-refractivity contribution in [3.05, 3.63) is 23.1 Å². The molecular formula is C7H15NS. The van der Waals surface area contributed by atoms with Gasteiger partial charge in [0.15, 0.2) is 0 Å². The van der Waals surface area contributed by atoms with Crippen LogP contribution in [0.15, 0.2) is 23.1 Å². The summed E-state index contributed by atoms with van der Waals surface area (Å²) in [7, 11) is 0. The molecule has 0 aromatic heterocycles. The van der Waals surface area contributed by atoms with Gasteiger partial charge in [0.25, 0.3) is 0 Å². The van der Waals surface area contributed by atoms with Crippen LogP contribution >= 0.6 is 11.8 Å². The molecule has 0 atom stereocenters. The molecule has 0 aliphatic rings. The summed E-state index contributed by atoms with van der Waals surface area (Å²) >= 11 is 1.40. The SMILES string of the molecule is C=C(C)SC(=C)N.CC. The second-order valence-corrected chi connectivity index (χ2v) is 2.70. The first-order chi connectivity index (χ1) is 4.13. The van der Waals surface area contributed by atoms with Crippen LogP contribution in [0.5, 0.6) is 0 Å². The summed E-state index contributed by atoms with van der Waals surface area (Å²) < 4.78 is 0. The number of hydrogen-bond acceptors (Lipinski definition) is 2. The van der Waals surface area contributed by atoms with Gasteiger partial charge in [-0.1, -0.05) is 38.8 Å². The molecule has 0 saturated carbocycles. The zero-order chi connectivity index (χ0) is 7.86. The molecule has 0 amide bonds. The zero-order valence-corrected chi connectivity index (χ0v) is 7.22. The number of hydrogen-bond donors (Lipinski definition) is 1. The normalized spacial score (nSPS) is 7.00. The summed E-state index contributed by atoms with van der Waals surface area (Å²) in [6, 6.07) is 0. The quantitative estimate of drug-likeness (QED) is 0.646. The smallest absolute Gasteiger partial charge is 0.0626 e. The molecule has 0 aliphatic heterocycles. The van der Waals surface area contributed by atoms with Crippen molar-refractivity contribution in [1.82, 2.24) is 0 Å². The molecular weight excluding hydrogens is 130 g/mol. The van der Waals surface area contributed by atoms with Crippen LogP contribution < -0.4 is 5.73 Å². The Hall–Kier alpha value is -0.370. The number of rotatable bonds is 2. The predicted octanol–water partition coefficient (Wildman–Crippen LogP) is 2.71. The first-order valence-electron chi connectivity index (χ1n) is 2.90. The van der Waals surface area contributed by atoms with Crippen molar-refractivity contribution >= 4 is 11.8 Å². The van der Waals surface area contributed by atoms with E-state index in [0.717, 1.165) is 4.91 Å². The lowest BCUT2D eigenvalue weighted by atomic mass is 10.8. The van der Waals surface area contributed by atoms with Gasteiger partial charge < -0.3 is 5.73 Å². The molecule has 54 valence electrons. The Morgan fingerprint density at radius 2 is 1.67 bits per heavy atom. The van der Waals surface area contributed by atoms with Gasteiger partial charge in [-0.05, 0) is 11.8 Å². The molecule has 0 rings (SSSR count). The third kappa shape index (κ3) is 18.4. The Bertz CT molecular complexity index is 85.1. The molecule has 0 spiro atoms. The number of nitrogens with two attached hydrogens (primary N) is 1. The van der Waals surface area contributed by atoms with E-state index in [4.69, 9.17) is 5.73 Å². The number of thioether (sulfide) groups is 1. The van der Waals surface area contributed by atoms with Crippen LogP contribution in [0.4, 0.5) is 0 Å². The van der Waals surface area contributed by atoms with Gasteiger partial charge in [0.2, 0.25) is 0 Å². The van der Waals surface area contributed by atoms with Crippen LogP contribution in [0, 0.1) is 0 Å². The maximum Gasteiger partial charge on any atom is 0.0626 e. The van der Waals surface area contributed by atoms with Crippen molar-refractivity contribution in [2.45, 2.75) is 20.8 Å². The van der Waals surface area contributed by atoms with Gasteiger partial charge in [0, 0.05) is 0 Å². The fourth-order valence-corrected chi connectivity index (χ4v) is 0.671. The minimum atomic E-state index is 0.604. The van der Waals surface area contributed by atoms with Crippen molar-refractivity contribution in [1.29, 1.82) is 0 Å². The van der Waals surface area contributed by atoms with Crippen LogP contribution in [-0.4, -0.2) is 0 Å². The fraction of sp³-hybridized carbons (Fsp3) is 0.429. The van der Waals surface area contributed by atoms with Gasteiger partial charge in [-0.15, -0.1) is 0 Å². The second kappa shape index (κ2) is 7.63. The molecule has 0 aromatic rings. The molecule has 0 heterocycles. The van der Waals surface area contributed by atoms with Crippen molar-refractivity contribution in [2.24, 2.45) is 5.73 Å². The van der Waals surface area contributed by atoms with Crippen LogP contribution in [0.3, 0.4) is 0 Å². The first kappa shape index (κ1) is 11.4. The molecule has 9 heavy (non-hydrogen) atoms. The number of allylic oxidation sites excluding steroid dienone is 1. The molecule has 0 saturated heterocycles. The first-order valence-corrected chi connectivity index (χ1v) is 3.72. The minimum Gasteiger partial charge on any atom is -0.394 e. The fourth-order valence-electron chi connectivity index (χ4n) is 0.224. The largest absolute Gasteiger partial charge is 0.394 e. The van der Waals surface area contributed by atoms with Crippen molar-refractivity contribution in [2.75, 3.05) is 0 Å². The van der Waals surface area contributed by atoms with Crippen LogP contribution in [0.2, 0.25) is 0 Å². The van der Waals surface area contributed by atoms with E-state index in [-0.39, 0.29) is 0 Å². The van der Waals surface area contributed by atoms with Crippen molar-refractivity contribution in [3.63, 3.8) is 0 Å².